The summed E-state index contributed by atoms with van der Waals surface area (Å²) < 4.78 is 21.6. The van der Waals surface area contributed by atoms with Crippen LogP contribution in [0.25, 0.3) is 10.8 Å². The molecular formula is C28H40O6. The predicted octanol–water partition coefficient (Wildman–Crippen LogP) is 8.43. The molecule has 0 amide bonds. The third-order valence-electron chi connectivity index (χ3n) is 5.71. The summed E-state index contributed by atoms with van der Waals surface area (Å²) in [5.74, 6) is 0.784. The quantitative estimate of drug-likeness (QED) is 0.156. The summed E-state index contributed by atoms with van der Waals surface area (Å²) >= 11 is 0. The molecule has 0 atom stereocenters. The van der Waals surface area contributed by atoms with Crippen LogP contribution in [0.5, 0.6) is 11.5 Å². The summed E-state index contributed by atoms with van der Waals surface area (Å²) in [5.41, 5.74) is 1.66. The van der Waals surface area contributed by atoms with E-state index in [1.54, 1.807) is 13.0 Å². The first-order valence-corrected chi connectivity index (χ1v) is 12.7. The van der Waals surface area contributed by atoms with E-state index in [-0.39, 0.29) is 0 Å². The highest BCUT2D eigenvalue weighted by atomic mass is 16.7. The van der Waals surface area contributed by atoms with Gasteiger partial charge in [-0.1, -0.05) is 82.9 Å². The number of ether oxygens (including phenoxy) is 4. The first kappa shape index (κ1) is 27.5. The Balaban J connectivity index is 2.03. The standard InChI is InChI=1S/C28H40O6/c1-5-7-9-11-13-17-31-27(29)33-25-20-22(4)26(24-19-21(3)15-16-23(24)25)34-28(30)32-18-14-12-10-8-6-2/h15-16,19-20H,5-14,17-18H2,1-4H3. The van der Waals surface area contributed by atoms with Gasteiger partial charge < -0.3 is 18.9 Å². The number of benzene rings is 2. The van der Waals surface area contributed by atoms with E-state index in [2.05, 4.69) is 13.8 Å². The zero-order valence-electron chi connectivity index (χ0n) is 21.2. The van der Waals surface area contributed by atoms with Gasteiger partial charge in [-0.3, -0.25) is 0 Å². The van der Waals surface area contributed by atoms with Crippen LogP contribution in [0.4, 0.5) is 9.59 Å². The van der Waals surface area contributed by atoms with E-state index in [1.165, 1.54) is 25.7 Å². The van der Waals surface area contributed by atoms with Crippen molar-refractivity contribution in [2.75, 3.05) is 13.2 Å². The normalized spacial score (nSPS) is 10.8. The molecule has 0 bridgehead atoms. The van der Waals surface area contributed by atoms with Gasteiger partial charge in [0.2, 0.25) is 0 Å². The lowest BCUT2D eigenvalue weighted by Crippen LogP contribution is -2.14. The molecule has 188 valence electrons. The second kappa shape index (κ2) is 15.2. The summed E-state index contributed by atoms with van der Waals surface area (Å²) in [6, 6.07) is 7.36. The molecule has 0 saturated carbocycles. The Morgan fingerprint density at radius 3 is 1.82 bits per heavy atom. The van der Waals surface area contributed by atoms with Crippen LogP contribution >= 0.6 is 0 Å². The van der Waals surface area contributed by atoms with E-state index in [1.807, 2.05) is 25.1 Å². The number of rotatable bonds is 14. The Morgan fingerprint density at radius 1 is 0.676 bits per heavy atom. The number of aryl methyl sites for hydroxylation is 2. The number of hydrogen-bond acceptors (Lipinski definition) is 6. The van der Waals surface area contributed by atoms with Gasteiger partial charge in [0.15, 0.2) is 0 Å². The summed E-state index contributed by atoms with van der Waals surface area (Å²) in [5, 5.41) is 1.35. The zero-order chi connectivity index (χ0) is 24.8. The van der Waals surface area contributed by atoms with Crippen molar-refractivity contribution >= 4 is 23.1 Å². The maximum atomic E-state index is 12.3. The maximum Gasteiger partial charge on any atom is 0.513 e. The fourth-order valence-corrected chi connectivity index (χ4v) is 3.79. The highest BCUT2D eigenvalue weighted by Crippen LogP contribution is 2.37. The average Bonchev–Trinajstić information content (AvgIpc) is 2.81. The number of carbonyl (C=O) groups excluding carboxylic acids is 2. The van der Waals surface area contributed by atoms with Crippen LogP contribution in [0.1, 0.15) is 89.2 Å². The molecule has 0 spiro atoms. The molecule has 34 heavy (non-hydrogen) atoms. The average molecular weight is 473 g/mol. The molecular weight excluding hydrogens is 432 g/mol. The van der Waals surface area contributed by atoms with Gasteiger partial charge in [0.05, 0.1) is 13.2 Å². The minimum absolute atomic E-state index is 0.337. The van der Waals surface area contributed by atoms with Gasteiger partial charge in [-0.2, -0.15) is 0 Å². The summed E-state index contributed by atoms with van der Waals surface area (Å²) in [7, 11) is 0. The van der Waals surface area contributed by atoms with E-state index in [9.17, 15) is 9.59 Å². The number of unbranched alkanes of at least 4 members (excludes halogenated alkanes) is 8. The van der Waals surface area contributed by atoms with Crippen molar-refractivity contribution < 1.29 is 28.5 Å². The van der Waals surface area contributed by atoms with Gasteiger partial charge in [0.1, 0.15) is 11.5 Å². The van der Waals surface area contributed by atoms with E-state index in [0.717, 1.165) is 44.1 Å². The van der Waals surface area contributed by atoms with Gasteiger partial charge in [0, 0.05) is 10.8 Å². The van der Waals surface area contributed by atoms with E-state index in [4.69, 9.17) is 18.9 Å². The lowest BCUT2D eigenvalue weighted by atomic mass is 10.0. The summed E-state index contributed by atoms with van der Waals surface area (Å²) in [6.07, 6.45) is 9.25. The van der Waals surface area contributed by atoms with Crippen LogP contribution < -0.4 is 9.47 Å². The smallest absolute Gasteiger partial charge is 0.434 e. The van der Waals surface area contributed by atoms with Gasteiger partial charge in [0.25, 0.3) is 0 Å². The minimum Gasteiger partial charge on any atom is -0.434 e. The Labute approximate surface area is 203 Å². The summed E-state index contributed by atoms with van der Waals surface area (Å²) in [6.45, 7) is 8.76. The van der Waals surface area contributed by atoms with Gasteiger partial charge >= 0.3 is 12.3 Å². The van der Waals surface area contributed by atoms with E-state index < -0.39 is 12.3 Å². The molecule has 2 aromatic carbocycles. The fraction of sp³-hybridized carbons (Fsp3) is 0.571. The molecule has 2 aromatic rings. The molecule has 2 rings (SSSR count). The Morgan fingerprint density at radius 2 is 1.24 bits per heavy atom. The largest absolute Gasteiger partial charge is 0.513 e. The molecule has 0 heterocycles. The van der Waals surface area contributed by atoms with Crippen molar-refractivity contribution in [3.05, 3.63) is 35.4 Å². The molecule has 0 N–H and O–H groups in total. The van der Waals surface area contributed by atoms with Crippen molar-refractivity contribution in [1.82, 2.24) is 0 Å². The maximum absolute atomic E-state index is 12.3. The predicted molar refractivity (Wildman–Crippen MR) is 135 cm³/mol. The monoisotopic (exact) mass is 472 g/mol. The number of fused-ring (bicyclic) bond motifs is 1. The fourth-order valence-electron chi connectivity index (χ4n) is 3.79. The van der Waals surface area contributed by atoms with E-state index in [0.29, 0.717) is 41.0 Å². The van der Waals surface area contributed by atoms with E-state index >= 15 is 0 Å². The zero-order valence-corrected chi connectivity index (χ0v) is 21.2. The van der Waals surface area contributed by atoms with Gasteiger partial charge in [-0.05, 0) is 44.4 Å². The first-order valence-electron chi connectivity index (χ1n) is 12.7. The second-order valence-electron chi connectivity index (χ2n) is 8.80. The SMILES string of the molecule is CCCCCCCOC(=O)Oc1cc(C)c(OC(=O)OCCCCCCC)c2cc(C)ccc12. The van der Waals surface area contributed by atoms with Crippen molar-refractivity contribution in [3.63, 3.8) is 0 Å². The molecule has 0 aliphatic carbocycles. The molecule has 6 nitrogen and oxygen atoms in total. The van der Waals surface area contributed by atoms with Crippen molar-refractivity contribution in [3.8, 4) is 11.5 Å². The summed E-state index contributed by atoms with van der Waals surface area (Å²) in [4.78, 5) is 24.6. The third-order valence-corrected chi connectivity index (χ3v) is 5.71. The van der Waals surface area contributed by atoms with Crippen molar-refractivity contribution in [2.45, 2.75) is 91.9 Å². The highest BCUT2D eigenvalue weighted by molar-refractivity contribution is 5.97. The van der Waals surface area contributed by atoms with Crippen molar-refractivity contribution in [2.24, 2.45) is 0 Å². The highest BCUT2D eigenvalue weighted by Gasteiger charge is 2.18. The lowest BCUT2D eigenvalue weighted by molar-refractivity contribution is 0.0956. The Bertz CT molecular complexity index is 921. The Kier molecular flexibility index (Phi) is 12.3. The van der Waals surface area contributed by atoms with Crippen molar-refractivity contribution in [1.29, 1.82) is 0 Å². The van der Waals surface area contributed by atoms with Crippen LogP contribution in [0.15, 0.2) is 24.3 Å². The minimum atomic E-state index is -0.729. The molecule has 0 radical (unpaired) electrons. The first-order chi connectivity index (χ1) is 16.5. The molecule has 0 aromatic heterocycles. The molecule has 6 heteroatoms. The van der Waals surface area contributed by atoms with Gasteiger partial charge in [-0.15, -0.1) is 0 Å². The van der Waals surface area contributed by atoms with Crippen LogP contribution in [0.3, 0.4) is 0 Å². The third kappa shape index (κ3) is 9.24. The number of carbonyl (C=O) groups is 2. The lowest BCUT2D eigenvalue weighted by Gasteiger charge is -2.15. The molecule has 0 aliphatic rings. The van der Waals surface area contributed by atoms with Crippen LogP contribution in [0, 0.1) is 13.8 Å². The molecule has 0 saturated heterocycles. The molecule has 0 aliphatic heterocycles. The van der Waals surface area contributed by atoms with Gasteiger partial charge in [-0.25, -0.2) is 9.59 Å². The molecule has 0 fully saturated rings. The van der Waals surface area contributed by atoms with Crippen LogP contribution in [0.2, 0.25) is 0 Å². The second-order valence-corrected chi connectivity index (χ2v) is 8.80. The molecule has 0 unspecified atom stereocenters. The topological polar surface area (TPSA) is 71.1 Å². The van der Waals surface area contributed by atoms with Crippen LogP contribution in [-0.4, -0.2) is 25.5 Å². The number of hydrogen-bond donors (Lipinski definition) is 0. The Hall–Kier alpha value is -2.76. The van der Waals surface area contributed by atoms with Crippen LogP contribution in [-0.2, 0) is 9.47 Å².